The normalized spacial score (nSPS) is 10.8. The van der Waals surface area contributed by atoms with Gasteiger partial charge in [-0.25, -0.2) is 4.79 Å². The average molecular weight is 260 g/mol. The van der Waals surface area contributed by atoms with Gasteiger partial charge in [-0.2, -0.15) is 14.0 Å². The van der Waals surface area contributed by atoms with E-state index in [1.165, 1.54) is 13.0 Å². The molecule has 0 spiro atoms. The molecule has 0 aromatic heterocycles. The lowest BCUT2D eigenvalue weighted by molar-refractivity contribution is -0.173. The van der Waals surface area contributed by atoms with E-state index in [0.29, 0.717) is 0 Å². The highest BCUT2D eigenvalue weighted by atomic mass is 35.5. The summed E-state index contributed by atoms with van der Waals surface area (Å²) >= 11 is 5.57. The minimum absolute atomic E-state index is 0.0166. The van der Waals surface area contributed by atoms with Crippen molar-refractivity contribution < 1.29 is 18.3 Å². The van der Waals surface area contributed by atoms with Gasteiger partial charge in [0.2, 0.25) is 0 Å². The molecule has 0 aliphatic heterocycles. The molecule has 17 heavy (non-hydrogen) atoms. The zero-order valence-electron chi connectivity index (χ0n) is 8.84. The van der Waals surface area contributed by atoms with Crippen molar-refractivity contribution in [1.82, 2.24) is 0 Å². The molecule has 1 rings (SSSR count). The lowest BCUT2D eigenvalue weighted by atomic mass is 10.0. The van der Waals surface area contributed by atoms with Crippen molar-refractivity contribution in [2.24, 2.45) is 0 Å². The Balaban J connectivity index is 3.27. The lowest BCUT2D eigenvalue weighted by Crippen LogP contribution is -2.29. The Kier molecular flexibility index (Phi) is 4.02. The summed E-state index contributed by atoms with van der Waals surface area (Å²) in [6.07, 6.45) is 0. The number of halogens is 3. The van der Waals surface area contributed by atoms with Gasteiger partial charge < -0.3 is 4.74 Å². The number of carbonyl (C=O) groups excluding carboxylic acids is 1. The second-order valence-corrected chi connectivity index (χ2v) is 3.53. The Morgan fingerprint density at radius 3 is 2.76 bits per heavy atom. The number of hydrogen-bond acceptors (Lipinski definition) is 3. The molecular weight excluding hydrogens is 252 g/mol. The Labute approximate surface area is 102 Å². The standard InChI is InChI=1S/C11H8ClF2NO2/c1-2-17-10(16)11(13,14)9-5-8(12)4-3-7(9)6-15/h3-5H,2H2,1H3. The van der Waals surface area contributed by atoms with Gasteiger partial charge in [0, 0.05) is 5.02 Å². The summed E-state index contributed by atoms with van der Waals surface area (Å²) < 4.78 is 31.6. The third-order valence-corrected chi connectivity index (χ3v) is 2.21. The van der Waals surface area contributed by atoms with Gasteiger partial charge in [-0.05, 0) is 25.1 Å². The number of alkyl halides is 2. The van der Waals surface area contributed by atoms with E-state index in [4.69, 9.17) is 16.9 Å². The lowest BCUT2D eigenvalue weighted by Gasteiger charge is -2.16. The van der Waals surface area contributed by atoms with Crippen molar-refractivity contribution in [1.29, 1.82) is 5.26 Å². The van der Waals surface area contributed by atoms with Crippen molar-refractivity contribution in [2.75, 3.05) is 6.61 Å². The van der Waals surface area contributed by atoms with Crippen molar-refractivity contribution in [3.8, 4) is 6.07 Å². The maximum atomic E-state index is 13.7. The molecule has 1 aromatic carbocycles. The van der Waals surface area contributed by atoms with Gasteiger partial charge in [0.25, 0.3) is 0 Å². The molecule has 0 saturated carbocycles. The smallest absolute Gasteiger partial charge is 0.382 e. The summed E-state index contributed by atoms with van der Waals surface area (Å²) in [6, 6.07) is 4.89. The van der Waals surface area contributed by atoms with Crippen LogP contribution in [-0.2, 0) is 15.5 Å². The van der Waals surface area contributed by atoms with E-state index < -0.39 is 17.5 Å². The summed E-state index contributed by atoms with van der Waals surface area (Å²) in [4.78, 5) is 11.1. The number of hydrogen-bond donors (Lipinski definition) is 0. The van der Waals surface area contributed by atoms with Crippen LogP contribution in [0.4, 0.5) is 8.78 Å². The van der Waals surface area contributed by atoms with Gasteiger partial charge in [0.05, 0.1) is 23.8 Å². The number of benzene rings is 1. The summed E-state index contributed by atoms with van der Waals surface area (Å²) in [5.41, 5.74) is -1.06. The van der Waals surface area contributed by atoms with Gasteiger partial charge in [-0.1, -0.05) is 11.6 Å². The minimum Gasteiger partial charge on any atom is -0.461 e. The van der Waals surface area contributed by atoms with Gasteiger partial charge >= 0.3 is 11.9 Å². The predicted molar refractivity (Wildman–Crippen MR) is 56.7 cm³/mol. The number of ether oxygens (including phenoxy) is 1. The molecule has 0 N–H and O–H groups in total. The monoisotopic (exact) mass is 259 g/mol. The highest BCUT2D eigenvalue weighted by Crippen LogP contribution is 2.33. The quantitative estimate of drug-likeness (QED) is 0.784. The second-order valence-electron chi connectivity index (χ2n) is 3.10. The van der Waals surface area contributed by atoms with E-state index >= 15 is 0 Å². The minimum atomic E-state index is -3.88. The molecule has 0 aliphatic carbocycles. The van der Waals surface area contributed by atoms with E-state index in [0.717, 1.165) is 12.1 Å². The van der Waals surface area contributed by atoms with Gasteiger partial charge in [-0.3, -0.25) is 0 Å². The Morgan fingerprint density at radius 2 is 2.24 bits per heavy atom. The van der Waals surface area contributed by atoms with E-state index in [2.05, 4.69) is 4.74 Å². The molecule has 0 saturated heterocycles. The van der Waals surface area contributed by atoms with Crippen LogP contribution < -0.4 is 0 Å². The third-order valence-electron chi connectivity index (χ3n) is 1.97. The molecule has 0 heterocycles. The summed E-state index contributed by atoms with van der Waals surface area (Å²) in [5, 5.41) is 8.72. The topological polar surface area (TPSA) is 50.1 Å². The fourth-order valence-electron chi connectivity index (χ4n) is 1.21. The van der Waals surface area contributed by atoms with Gasteiger partial charge in [0.15, 0.2) is 0 Å². The molecule has 0 atom stereocenters. The van der Waals surface area contributed by atoms with E-state index in [9.17, 15) is 13.6 Å². The SMILES string of the molecule is CCOC(=O)C(F)(F)c1cc(Cl)ccc1C#N. The molecule has 0 aliphatic rings. The highest BCUT2D eigenvalue weighted by molar-refractivity contribution is 6.30. The van der Waals surface area contributed by atoms with E-state index in [1.807, 2.05) is 0 Å². The largest absolute Gasteiger partial charge is 0.461 e. The summed E-state index contributed by atoms with van der Waals surface area (Å²) in [6.45, 7) is 1.24. The van der Waals surface area contributed by atoms with Gasteiger partial charge in [0.1, 0.15) is 0 Å². The Hall–Kier alpha value is -1.67. The molecule has 3 nitrogen and oxygen atoms in total. The zero-order valence-corrected chi connectivity index (χ0v) is 9.59. The van der Waals surface area contributed by atoms with Crippen LogP contribution in [-0.4, -0.2) is 12.6 Å². The number of esters is 1. The molecule has 1 aromatic rings. The molecular formula is C11H8ClF2NO2. The van der Waals surface area contributed by atoms with Crippen molar-refractivity contribution in [2.45, 2.75) is 12.8 Å². The van der Waals surface area contributed by atoms with Crippen LogP contribution in [0, 0.1) is 11.3 Å². The molecule has 0 radical (unpaired) electrons. The molecule has 0 unspecified atom stereocenters. The maximum Gasteiger partial charge on any atom is 0.382 e. The molecule has 90 valence electrons. The molecule has 0 amide bonds. The van der Waals surface area contributed by atoms with Crippen LogP contribution in [0.25, 0.3) is 0 Å². The fourth-order valence-corrected chi connectivity index (χ4v) is 1.38. The second kappa shape index (κ2) is 5.11. The number of nitrogens with zero attached hydrogens (tertiary/aromatic N) is 1. The van der Waals surface area contributed by atoms with Crippen LogP contribution >= 0.6 is 11.6 Å². The average Bonchev–Trinajstić information content (AvgIpc) is 2.29. The molecule has 0 bridgehead atoms. The van der Waals surface area contributed by atoms with Crippen molar-refractivity contribution >= 4 is 17.6 Å². The van der Waals surface area contributed by atoms with E-state index in [-0.39, 0.29) is 17.2 Å². The zero-order chi connectivity index (χ0) is 13.1. The van der Waals surface area contributed by atoms with Crippen LogP contribution in [0.1, 0.15) is 18.1 Å². The number of rotatable bonds is 3. The number of nitriles is 1. The van der Waals surface area contributed by atoms with Crippen LogP contribution in [0.5, 0.6) is 0 Å². The molecule has 0 fully saturated rings. The summed E-state index contributed by atoms with van der Waals surface area (Å²) in [5.74, 6) is -5.58. The van der Waals surface area contributed by atoms with Crippen LogP contribution in [0.15, 0.2) is 18.2 Å². The molecule has 6 heteroatoms. The summed E-state index contributed by atoms with van der Waals surface area (Å²) in [7, 11) is 0. The first-order valence-electron chi connectivity index (χ1n) is 4.68. The first kappa shape index (κ1) is 13.4. The third kappa shape index (κ3) is 2.71. The number of carbonyl (C=O) groups is 1. The van der Waals surface area contributed by atoms with Crippen LogP contribution in [0.3, 0.4) is 0 Å². The predicted octanol–water partition coefficient (Wildman–Crippen LogP) is 2.87. The van der Waals surface area contributed by atoms with Crippen molar-refractivity contribution in [3.05, 3.63) is 34.3 Å². The first-order valence-corrected chi connectivity index (χ1v) is 5.06. The Morgan fingerprint density at radius 1 is 1.59 bits per heavy atom. The fraction of sp³-hybridized carbons (Fsp3) is 0.273. The van der Waals surface area contributed by atoms with Crippen molar-refractivity contribution in [3.63, 3.8) is 0 Å². The highest BCUT2D eigenvalue weighted by Gasteiger charge is 2.44. The first-order chi connectivity index (χ1) is 7.93. The maximum absolute atomic E-state index is 13.7. The Bertz CT molecular complexity index is 483. The van der Waals surface area contributed by atoms with Crippen LogP contribution in [0.2, 0.25) is 5.02 Å². The van der Waals surface area contributed by atoms with Gasteiger partial charge in [-0.15, -0.1) is 0 Å². The van der Waals surface area contributed by atoms with E-state index in [1.54, 1.807) is 6.07 Å².